The lowest BCUT2D eigenvalue weighted by atomic mass is 10.1. The van der Waals surface area contributed by atoms with Gasteiger partial charge in [-0.3, -0.25) is 4.98 Å². The highest BCUT2D eigenvalue weighted by molar-refractivity contribution is 6.33. The van der Waals surface area contributed by atoms with Crippen molar-refractivity contribution < 1.29 is 13.2 Å². The van der Waals surface area contributed by atoms with Crippen LogP contribution in [-0.2, 0) is 6.18 Å². The molecule has 0 aliphatic carbocycles. The first kappa shape index (κ1) is 15.5. The van der Waals surface area contributed by atoms with E-state index in [4.69, 9.17) is 11.6 Å². The van der Waals surface area contributed by atoms with Gasteiger partial charge in [0.1, 0.15) is 0 Å². The third-order valence-electron chi connectivity index (χ3n) is 2.24. The van der Waals surface area contributed by atoms with Crippen LogP contribution in [0.4, 0.5) is 13.2 Å². The van der Waals surface area contributed by atoms with Gasteiger partial charge in [-0.15, -0.1) is 0 Å². The quantitative estimate of drug-likeness (QED) is 0.680. The summed E-state index contributed by atoms with van der Waals surface area (Å²) in [5.41, 5.74) is 0.272. The molecule has 102 valence electrons. The van der Waals surface area contributed by atoms with Crippen LogP contribution in [0.15, 0.2) is 42.6 Å². The molecule has 0 aliphatic heterocycles. The van der Waals surface area contributed by atoms with E-state index in [2.05, 4.69) is 4.98 Å². The molecular weight excluding hydrogens is 275 g/mol. The molecule has 0 atom stereocenters. The van der Waals surface area contributed by atoms with E-state index in [1.165, 1.54) is 6.07 Å². The lowest BCUT2D eigenvalue weighted by molar-refractivity contribution is -0.137. The van der Waals surface area contributed by atoms with Crippen molar-refractivity contribution in [1.82, 2.24) is 4.98 Å². The van der Waals surface area contributed by atoms with Gasteiger partial charge in [0, 0.05) is 11.8 Å². The van der Waals surface area contributed by atoms with Crippen molar-refractivity contribution in [1.29, 1.82) is 0 Å². The summed E-state index contributed by atoms with van der Waals surface area (Å²) in [6.45, 7) is 4.00. The summed E-state index contributed by atoms with van der Waals surface area (Å²) in [7, 11) is 0. The van der Waals surface area contributed by atoms with E-state index in [-0.39, 0.29) is 5.02 Å². The molecule has 0 saturated heterocycles. The Morgan fingerprint density at radius 2 is 1.74 bits per heavy atom. The van der Waals surface area contributed by atoms with Crippen LogP contribution in [0.2, 0.25) is 5.02 Å². The summed E-state index contributed by atoms with van der Waals surface area (Å²) in [5.74, 6) is 0. The topological polar surface area (TPSA) is 12.9 Å². The fraction of sp³-hybridized carbons (Fsp3) is 0.214. The number of alkyl halides is 3. The van der Waals surface area contributed by atoms with Crippen molar-refractivity contribution in [2.75, 3.05) is 0 Å². The second-order valence-electron chi connectivity index (χ2n) is 3.41. The van der Waals surface area contributed by atoms with Crippen LogP contribution in [0.25, 0.3) is 11.3 Å². The maximum atomic E-state index is 12.4. The highest BCUT2D eigenvalue weighted by Crippen LogP contribution is 2.34. The van der Waals surface area contributed by atoms with Crippen molar-refractivity contribution in [2.24, 2.45) is 0 Å². The average molecular weight is 288 g/mol. The summed E-state index contributed by atoms with van der Waals surface area (Å²) >= 11 is 5.83. The summed E-state index contributed by atoms with van der Waals surface area (Å²) in [6.07, 6.45) is -2.82. The smallest absolute Gasteiger partial charge is 0.256 e. The molecule has 0 amide bonds. The van der Waals surface area contributed by atoms with E-state index >= 15 is 0 Å². The molecule has 0 radical (unpaired) electrons. The molecule has 2 rings (SSSR count). The molecule has 1 heterocycles. The zero-order valence-corrected chi connectivity index (χ0v) is 11.3. The minimum absolute atomic E-state index is 0.0403. The molecule has 0 spiro atoms. The van der Waals surface area contributed by atoms with Crippen LogP contribution in [0.5, 0.6) is 0 Å². The Balaban J connectivity index is 0.000000861. The highest BCUT2D eigenvalue weighted by Gasteiger charge is 2.30. The molecule has 2 aromatic rings. The molecule has 0 unspecified atom stereocenters. The fourth-order valence-corrected chi connectivity index (χ4v) is 1.70. The summed E-state index contributed by atoms with van der Waals surface area (Å²) in [6, 6.07) is 8.39. The molecule has 1 aromatic heterocycles. The van der Waals surface area contributed by atoms with Crippen LogP contribution < -0.4 is 0 Å². The van der Waals surface area contributed by atoms with Crippen molar-refractivity contribution in [3.63, 3.8) is 0 Å². The molecular formula is C14H13ClF3N. The van der Waals surface area contributed by atoms with E-state index in [0.29, 0.717) is 11.3 Å². The van der Waals surface area contributed by atoms with Crippen molar-refractivity contribution in [3.05, 3.63) is 53.2 Å². The fourth-order valence-electron chi connectivity index (χ4n) is 1.42. The monoisotopic (exact) mass is 287 g/mol. The van der Waals surface area contributed by atoms with Crippen LogP contribution in [0.3, 0.4) is 0 Å². The molecule has 0 bridgehead atoms. The van der Waals surface area contributed by atoms with Gasteiger partial charge in [0.05, 0.1) is 16.3 Å². The largest absolute Gasteiger partial charge is 0.416 e. The van der Waals surface area contributed by atoms with Crippen molar-refractivity contribution >= 4 is 11.6 Å². The number of hydrogen-bond donors (Lipinski definition) is 0. The van der Waals surface area contributed by atoms with E-state index < -0.39 is 11.7 Å². The number of nitrogens with zero attached hydrogens (tertiary/aromatic N) is 1. The van der Waals surface area contributed by atoms with Crippen LogP contribution in [-0.4, -0.2) is 4.98 Å². The van der Waals surface area contributed by atoms with Gasteiger partial charge in [0.25, 0.3) is 0 Å². The minimum atomic E-state index is -4.38. The Morgan fingerprint density at radius 3 is 2.21 bits per heavy atom. The van der Waals surface area contributed by atoms with Crippen LogP contribution in [0.1, 0.15) is 19.4 Å². The lowest BCUT2D eigenvalue weighted by Gasteiger charge is -2.09. The number of rotatable bonds is 1. The standard InChI is InChI=1S/C12H7ClF3N.C2H6/c13-10-7-8(12(14,15)16)4-5-9(10)11-3-1-2-6-17-11;1-2/h1-7H;1-2H3. The SMILES string of the molecule is CC.FC(F)(F)c1ccc(-c2ccccn2)c(Cl)c1. The van der Waals surface area contributed by atoms with Crippen LogP contribution >= 0.6 is 11.6 Å². The summed E-state index contributed by atoms with van der Waals surface area (Å²) < 4.78 is 37.3. The molecule has 0 N–H and O–H groups in total. The number of aromatic nitrogens is 1. The zero-order chi connectivity index (χ0) is 14.5. The third-order valence-corrected chi connectivity index (χ3v) is 2.55. The van der Waals surface area contributed by atoms with E-state index in [9.17, 15) is 13.2 Å². The first-order valence-corrected chi connectivity index (χ1v) is 6.14. The van der Waals surface area contributed by atoms with E-state index in [0.717, 1.165) is 12.1 Å². The molecule has 0 saturated carbocycles. The van der Waals surface area contributed by atoms with Gasteiger partial charge in [0.15, 0.2) is 0 Å². The van der Waals surface area contributed by atoms with Crippen molar-refractivity contribution in [2.45, 2.75) is 20.0 Å². The van der Waals surface area contributed by atoms with Gasteiger partial charge < -0.3 is 0 Å². The number of halogens is 4. The predicted molar refractivity (Wildman–Crippen MR) is 71.0 cm³/mol. The minimum Gasteiger partial charge on any atom is -0.256 e. The van der Waals surface area contributed by atoms with Gasteiger partial charge >= 0.3 is 6.18 Å². The lowest BCUT2D eigenvalue weighted by Crippen LogP contribution is -2.04. The Labute approximate surface area is 115 Å². The second-order valence-corrected chi connectivity index (χ2v) is 3.81. The number of hydrogen-bond acceptors (Lipinski definition) is 1. The number of benzene rings is 1. The maximum absolute atomic E-state index is 12.4. The summed E-state index contributed by atoms with van der Waals surface area (Å²) in [5, 5.41) is 0.0403. The van der Waals surface area contributed by atoms with E-state index in [1.807, 2.05) is 13.8 Å². The molecule has 0 aliphatic rings. The maximum Gasteiger partial charge on any atom is 0.416 e. The molecule has 19 heavy (non-hydrogen) atoms. The Kier molecular flexibility index (Phi) is 5.36. The molecule has 5 heteroatoms. The van der Waals surface area contributed by atoms with Crippen LogP contribution in [0, 0.1) is 0 Å². The second kappa shape index (κ2) is 6.57. The van der Waals surface area contributed by atoms with Gasteiger partial charge in [-0.2, -0.15) is 13.2 Å². The molecule has 1 nitrogen and oxygen atoms in total. The average Bonchev–Trinajstić information content (AvgIpc) is 2.41. The Bertz CT molecular complexity index is 524. The molecule has 0 fully saturated rings. The van der Waals surface area contributed by atoms with Crippen molar-refractivity contribution in [3.8, 4) is 11.3 Å². The van der Waals surface area contributed by atoms with Gasteiger partial charge in [0.2, 0.25) is 0 Å². The molecule has 1 aromatic carbocycles. The van der Waals surface area contributed by atoms with Gasteiger partial charge in [-0.25, -0.2) is 0 Å². The van der Waals surface area contributed by atoms with E-state index in [1.54, 1.807) is 24.4 Å². The van der Waals surface area contributed by atoms with Gasteiger partial charge in [-0.05, 0) is 24.3 Å². The Hall–Kier alpha value is -1.55. The Morgan fingerprint density at radius 1 is 1.05 bits per heavy atom. The predicted octanol–water partition coefficient (Wildman–Crippen LogP) is 5.45. The zero-order valence-electron chi connectivity index (χ0n) is 10.5. The first-order chi connectivity index (χ1) is 8.98. The first-order valence-electron chi connectivity index (χ1n) is 5.76. The summed E-state index contributed by atoms with van der Waals surface area (Å²) in [4.78, 5) is 4.04. The third kappa shape index (κ3) is 3.96. The number of pyridine rings is 1. The highest BCUT2D eigenvalue weighted by atomic mass is 35.5. The van der Waals surface area contributed by atoms with Gasteiger partial charge in [-0.1, -0.05) is 37.6 Å². The normalized spacial score (nSPS) is 10.6.